The SMILES string of the molecule is O=C(Nc1ccc(N2CCNC2=O)cc1)C1Cc2cc(Cl)ccc2O1. The molecule has 2 aliphatic heterocycles. The van der Waals surface area contributed by atoms with Crippen molar-refractivity contribution in [1.29, 1.82) is 0 Å². The zero-order chi connectivity index (χ0) is 17.4. The molecule has 0 bridgehead atoms. The summed E-state index contributed by atoms with van der Waals surface area (Å²) in [6.45, 7) is 1.28. The number of ether oxygens (including phenoxy) is 1. The van der Waals surface area contributed by atoms with Gasteiger partial charge in [-0.3, -0.25) is 9.69 Å². The van der Waals surface area contributed by atoms with Crippen molar-refractivity contribution in [2.45, 2.75) is 12.5 Å². The predicted molar refractivity (Wildman–Crippen MR) is 95.4 cm³/mol. The highest BCUT2D eigenvalue weighted by Crippen LogP contribution is 2.31. The third-order valence-electron chi connectivity index (χ3n) is 4.29. The minimum Gasteiger partial charge on any atom is -0.480 e. The Kier molecular flexibility index (Phi) is 3.97. The van der Waals surface area contributed by atoms with Crippen LogP contribution in [0, 0.1) is 0 Å². The molecular weight excluding hydrogens is 342 g/mol. The van der Waals surface area contributed by atoms with Crippen LogP contribution in [0.3, 0.4) is 0 Å². The minimum absolute atomic E-state index is 0.104. The fourth-order valence-corrected chi connectivity index (χ4v) is 3.22. The Balaban J connectivity index is 1.41. The molecule has 1 fully saturated rings. The zero-order valence-electron chi connectivity index (χ0n) is 13.3. The van der Waals surface area contributed by atoms with Crippen molar-refractivity contribution >= 4 is 34.9 Å². The number of urea groups is 1. The Bertz CT molecular complexity index is 838. The first-order valence-corrected chi connectivity index (χ1v) is 8.39. The third-order valence-corrected chi connectivity index (χ3v) is 4.53. The van der Waals surface area contributed by atoms with Crippen molar-refractivity contribution in [3.63, 3.8) is 0 Å². The molecule has 0 aliphatic carbocycles. The van der Waals surface area contributed by atoms with Gasteiger partial charge >= 0.3 is 6.03 Å². The van der Waals surface area contributed by atoms with Crippen molar-refractivity contribution in [1.82, 2.24) is 5.32 Å². The number of fused-ring (bicyclic) bond motifs is 1. The normalized spacial score (nSPS) is 18.5. The van der Waals surface area contributed by atoms with Crippen LogP contribution >= 0.6 is 11.6 Å². The summed E-state index contributed by atoms with van der Waals surface area (Å²) < 4.78 is 5.68. The van der Waals surface area contributed by atoms with E-state index >= 15 is 0 Å². The Labute approximate surface area is 149 Å². The number of amides is 3. The van der Waals surface area contributed by atoms with E-state index in [-0.39, 0.29) is 11.9 Å². The Hall–Kier alpha value is -2.73. The number of carbonyl (C=O) groups is 2. The molecule has 1 atom stereocenters. The number of rotatable bonds is 3. The summed E-state index contributed by atoms with van der Waals surface area (Å²) in [7, 11) is 0. The first-order chi connectivity index (χ1) is 12.1. The molecule has 2 heterocycles. The van der Waals surface area contributed by atoms with Gasteiger partial charge < -0.3 is 15.4 Å². The summed E-state index contributed by atoms with van der Waals surface area (Å²) in [5.41, 5.74) is 2.39. The molecule has 0 aromatic heterocycles. The van der Waals surface area contributed by atoms with Crippen molar-refractivity contribution in [3.8, 4) is 5.75 Å². The van der Waals surface area contributed by atoms with Crippen LogP contribution in [-0.2, 0) is 11.2 Å². The van der Waals surface area contributed by atoms with Gasteiger partial charge in [0.25, 0.3) is 5.91 Å². The van der Waals surface area contributed by atoms with Gasteiger partial charge in [-0.1, -0.05) is 11.6 Å². The second kappa shape index (κ2) is 6.29. The van der Waals surface area contributed by atoms with E-state index in [9.17, 15) is 9.59 Å². The molecule has 25 heavy (non-hydrogen) atoms. The van der Waals surface area contributed by atoms with E-state index in [0.717, 1.165) is 11.3 Å². The third kappa shape index (κ3) is 3.13. The maximum Gasteiger partial charge on any atom is 0.321 e. The first-order valence-electron chi connectivity index (χ1n) is 8.01. The predicted octanol–water partition coefficient (Wildman–Crippen LogP) is 2.81. The van der Waals surface area contributed by atoms with Crippen LogP contribution in [0.25, 0.3) is 0 Å². The van der Waals surface area contributed by atoms with Crippen molar-refractivity contribution in [2.24, 2.45) is 0 Å². The molecule has 2 aliphatic rings. The standard InChI is InChI=1S/C18H16ClN3O3/c19-12-1-6-15-11(9-12)10-16(25-15)17(23)21-13-2-4-14(5-3-13)22-8-7-20-18(22)24/h1-6,9,16H,7-8,10H2,(H,20,24)(H,21,23). The monoisotopic (exact) mass is 357 g/mol. The average molecular weight is 358 g/mol. The Morgan fingerprint density at radius 1 is 1.24 bits per heavy atom. The Morgan fingerprint density at radius 3 is 2.76 bits per heavy atom. The maximum atomic E-state index is 12.4. The fourth-order valence-electron chi connectivity index (χ4n) is 3.03. The number of halogens is 1. The second-order valence-electron chi connectivity index (χ2n) is 5.98. The molecule has 2 N–H and O–H groups in total. The highest BCUT2D eigenvalue weighted by molar-refractivity contribution is 6.30. The molecule has 1 saturated heterocycles. The summed E-state index contributed by atoms with van der Waals surface area (Å²) in [6.07, 6.45) is -0.0779. The highest BCUT2D eigenvalue weighted by atomic mass is 35.5. The van der Waals surface area contributed by atoms with Crippen LogP contribution in [0.4, 0.5) is 16.2 Å². The molecule has 128 valence electrons. The number of nitrogens with zero attached hydrogens (tertiary/aromatic N) is 1. The van der Waals surface area contributed by atoms with E-state index in [1.165, 1.54) is 0 Å². The van der Waals surface area contributed by atoms with E-state index in [2.05, 4.69) is 10.6 Å². The highest BCUT2D eigenvalue weighted by Gasteiger charge is 2.29. The molecule has 0 saturated carbocycles. The lowest BCUT2D eigenvalue weighted by atomic mass is 10.1. The maximum absolute atomic E-state index is 12.4. The zero-order valence-corrected chi connectivity index (χ0v) is 14.0. The summed E-state index contributed by atoms with van der Waals surface area (Å²) in [5.74, 6) is 0.485. The molecule has 3 amide bonds. The topological polar surface area (TPSA) is 70.7 Å². The van der Waals surface area contributed by atoms with Gasteiger partial charge in [0.15, 0.2) is 6.10 Å². The summed E-state index contributed by atoms with van der Waals surface area (Å²) in [5, 5.41) is 6.23. The molecule has 6 nitrogen and oxygen atoms in total. The minimum atomic E-state index is -0.572. The van der Waals surface area contributed by atoms with Gasteiger partial charge in [-0.05, 0) is 48.0 Å². The van der Waals surface area contributed by atoms with Gasteiger partial charge in [0.2, 0.25) is 0 Å². The van der Waals surface area contributed by atoms with Crippen LogP contribution in [0.1, 0.15) is 5.56 Å². The van der Waals surface area contributed by atoms with Crippen LogP contribution in [0.2, 0.25) is 5.02 Å². The lowest BCUT2D eigenvalue weighted by Gasteiger charge is -2.15. The van der Waals surface area contributed by atoms with E-state index in [1.54, 1.807) is 29.2 Å². The Morgan fingerprint density at radius 2 is 2.04 bits per heavy atom. The molecule has 2 aromatic rings. The molecule has 4 rings (SSSR count). The number of carbonyl (C=O) groups excluding carboxylic acids is 2. The quantitative estimate of drug-likeness (QED) is 0.887. The van der Waals surface area contributed by atoms with Crippen LogP contribution < -0.4 is 20.3 Å². The second-order valence-corrected chi connectivity index (χ2v) is 6.42. The van der Waals surface area contributed by atoms with E-state index in [1.807, 2.05) is 18.2 Å². The lowest BCUT2D eigenvalue weighted by molar-refractivity contribution is -0.122. The van der Waals surface area contributed by atoms with Gasteiger partial charge in [0, 0.05) is 35.9 Å². The average Bonchev–Trinajstić information content (AvgIpc) is 3.21. The van der Waals surface area contributed by atoms with E-state index < -0.39 is 6.10 Å². The molecule has 7 heteroatoms. The fraction of sp³-hybridized carbons (Fsp3) is 0.222. The van der Waals surface area contributed by atoms with Crippen LogP contribution in [-0.4, -0.2) is 31.1 Å². The van der Waals surface area contributed by atoms with Gasteiger partial charge in [-0.2, -0.15) is 0 Å². The van der Waals surface area contributed by atoms with E-state index in [4.69, 9.17) is 16.3 Å². The molecule has 2 aromatic carbocycles. The number of nitrogens with one attached hydrogen (secondary N) is 2. The van der Waals surface area contributed by atoms with E-state index in [0.29, 0.717) is 36.0 Å². The largest absolute Gasteiger partial charge is 0.480 e. The lowest BCUT2D eigenvalue weighted by Crippen LogP contribution is -2.31. The number of anilines is 2. The molecule has 0 spiro atoms. The van der Waals surface area contributed by atoms with Crippen molar-refractivity contribution < 1.29 is 14.3 Å². The number of hydrogen-bond donors (Lipinski definition) is 2. The van der Waals surface area contributed by atoms with Crippen LogP contribution in [0.15, 0.2) is 42.5 Å². The smallest absolute Gasteiger partial charge is 0.321 e. The van der Waals surface area contributed by atoms with Gasteiger partial charge in [-0.15, -0.1) is 0 Å². The van der Waals surface area contributed by atoms with Crippen molar-refractivity contribution in [2.75, 3.05) is 23.3 Å². The van der Waals surface area contributed by atoms with Crippen LogP contribution in [0.5, 0.6) is 5.75 Å². The number of benzene rings is 2. The molecule has 0 radical (unpaired) electrons. The van der Waals surface area contributed by atoms with Gasteiger partial charge in [-0.25, -0.2) is 4.79 Å². The summed E-state index contributed by atoms with van der Waals surface area (Å²) in [4.78, 5) is 25.7. The van der Waals surface area contributed by atoms with Gasteiger partial charge in [0.1, 0.15) is 5.75 Å². The summed E-state index contributed by atoms with van der Waals surface area (Å²) >= 11 is 5.97. The first kappa shape index (κ1) is 15.8. The number of hydrogen-bond acceptors (Lipinski definition) is 3. The summed E-state index contributed by atoms with van der Waals surface area (Å²) in [6, 6.07) is 12.4. The van der Waals surface area contributed by atoms with Gasteiger partial charge in [0.05, 0.1) is 0 Å². The molecule has 1 unspecified atom stereocenters. The molecular formula is C18H16ClN3O3. The van der Waals surface area contributed by atoms with Crippen molar-refractivity contribution in [3.05, 3.63) is 53.1 Å².